The van der Waals surface area contributed by atoms with Gasteiger partial charge in [0.1, 0.15) is 0 Å². The molecule has 4 rings (SSSR count). The minimum absolute atomic E-state index is 0.313. The summed E-state index contributed by atoms with van der Waals surface area (Å²) in [6.45, 7) is 0.869. The first-order valence-electron chi connectivity index (χ1n) is 7.71. The van der Waals surface area contributed by atoms with Crippen LogP contribution in [0.5, 0.6) is 0 Å². The molecule has 3 heterocycles. The fourth-order valence-corrected chi connectivity index (χ4v) is 3.70. The van der Waals surface area contributed by atoms with Crippen LogP contribution in [0, 0.1) is 0 Å². The van der Waals surface area contributed by atoms with E-state index >= 15 is 0 Å². The van der Waals surface area contributed by atoms with Crippen LogP contribution in [-0.4, -0.2) is 33.2 Å². The number of furan rings is 1. The minimum atomic E-state index is 0.313. The molecule has 5 nitrogen and oxygen atoms in total. The number of aromatic nitrogens is 3. The highest BCUT2D eigenvalue weighted by atomic mass is 32.2. The summed E-state index contributed by atoms with van der Waals surface area (Å²) < 4.78 is 13.3. The van der Waals surface area contributed by atoms with Crippen molar-refractivity contribution in [3.05, 3.63) is 48.7 Å². The number of ether oxygens (including phenoxy) is 1. The highest BCUT2D eigenvalue weighted by molar-refractivity contribution is 7.99. The van der Waals surface area contributed by atoms with Crippen molar-refractivity contribution in [1.29, 1.82) is 0 Å². The standard InChI is InChI=1S/C17H17N3O2S/c1-2-6-13(7-3-1)20-16(15-9-5-11-22-15)18-19-17(20)23-12-14-8-4-10-21-14/h1-3,5-7,9,11,14H,4,8,10,12H2. The lowest BCUT2D eigenvalue weighted by atomic mass is 10.3. The summed E-state index contributed by atoms with van der Waals surface area (Å²) in [6, 6.07) is 13.9. The van der Waals surface area contributed by atoms with E-state index in [0.717, 1.165) is 41.9 Å². The zero-order chi connectivity index (χ0) is 15.5. The fourth-order valence-electron chi connectivity index (χ4n) is 2.68. The number of nitrogens with zero attached hydrogens (tertiary/aromatic N) is 3. The Kier molecular flexibility index (Phi) is 4.17. The number of hydrogen-bond donors (Lipinski definition) is 0. The quantitative estimate of drug-likeness (QED) is 0.667. The van der Waals surface area contributed by atoms with E-state index in [1.807, 2.05) is 47.0 Å². The van der Waals surface area contributed by atoms with Gasteiger partial charge in [-0.1, -0.05) is 30.0 Å². The molecule has 0 bridgehead atoms. The van der Waals surface area contributed by atoms with E-state index in [4.69, 9.17) is 9.15 Å². The van der Waals surface area contributed by atoms with Gasteiger partial charge in [0.2, 0.25) is 5.82 Å². The number of para-hydroxylation sites is 1. The van der Waals surface area contributed by atoms with Crippen LogP contribution in [0.25, 0.3) is 17.3 Å². The molecular formula is C17H17N3O2S. The highest BCUT2D eigenvalue weighted by Gasteiger charge is 2.21. The number of benzene rings is 1. The number of thioether (sulfide) groups is 1. The minimum Gasteiger partial charge on any atom is -0.461 e. The van der Waals surface area contributed by atoms with Gasteiger partial charge < -0.3 is 9.15 Å². The Bertz CT molecular complexity index is 750. The second-order valence-corrected chi connectivity index (χ2v) is 6.39. The van der Waals surface area contributed by atoms with Crippen LogP contribution in [0.3, 0.4) is 0 Å². The first kappa shape index (κ1) is 14.5. The molecule has 3 aromatic rings. The maximum Gasteiger partial charge on any atom is 0.205 e. The van der Waals surface area contributed by atoms with Gasteiger partial charge in [-0.15, -0.1) is 10.2 Å². The SMILES string of the molecule is c1ccc(-n2c(SCC3CCCO3)nnc2-c2ccco2)cc1. The molecule has 1 aromatic carbocycles. The summed E-state index contributed by atoms with van der Waals surface area (Å²) in [5, 5.41) is 9.57. The third-order valence-corrected chi connectivity index (χ3v) is 4.87. The molecule has 23 heavy (non-hydrogen) atoms. The summed E-state index contributed by atoms with van der Waals surface area (Å²) in [4.78, 5) is 0. The van der Waals surface area contributed by atoms with Gasteiger partial charge in [-0.05, 0) is 37.1 Å². The predicted molar refractivity (Wildman–Crippen MR) is 88.8 cm³/mol. The van der Waals surface area contributed by atoms with E-state index < -0.39 is 0 Å². The second kappa shape index (κ2) is 6.60. The van der Waals surface area contributed by atoms with Crippen LogP contribution in [0.2, 0.25) is 0 Å². The van der Waals surface area contributed by atoms with Crippen molar-refractivity contribution in [2.24, 2.45) is 0 Å². The zero-order valence-electron chi connectivity index (χ0n) is 12.6. The number of hydrogen-bond acceptors (Lipinski definition) is 5. The van der Waals surface area contributed by atoms with E-state index in [9.17, 15) is 0 Å². The van der Waals surface area contributed by atoms with Crippen LogP contribution in [0.15, 0.2) is 58.3 Å². The van der Waals surface area contributed by atoms with Crippen LogP contribution in [0.4, 0.5) is 0 Å². The number of rotatable bonds is 5. The summed E-state index contributed by atoms with van der Waals surface area (Å²) in [5.41, 5.74) is 1.03. The van der Waals surface area contributed by atoms with E-state index in [2.05, 4.69) is 10.2 Å². The second-order valence-electron chi connectivity index (χ2n) is 5.40. The molecule has 1 saturated heterocycles. The molecule has 6 heteroatoms. The van der Waals surface area contributed by atoms with Crippen LogP contribution in [0.1, 0.15) is 12.8 Å². The Balaban J connectivity index is 1.68. The van der Waals surface area contributed by atoms with E-state index in [-0.39, 0.29) is 0 Å². The molecule has 1 aliphatic heterocycles. The molecule has 0 radical (unpaired) electrons. The Morgan fingerprint density at radius 3 is 2.78 bits per heavy atom. The summed E-state index contributed by atoms with van der Waals surface area (Å²) in [6.07, 6.45) is 4.23. The lowest BCUT2D eigenvalue weighted by Gasteiger charge is -2.11. The predicted octanol–water partition coefficient (Wildman–Crippen LogP) is 3.80. The average Bonchev–Trinajstić information content (AvgIpc) is 3.33. The van der Waals surface area contributed by atoms with Gasteiger partial charge in [0.25, 0.3) is 0 Å². The Hall–Kier alpha value is -2.05. The van der Waals surface area contributed by atoms with Crippen molar-refractivity contribution in [3.8, 4) is 17.3 Å². The summed E-state index contributed by atoms with van der Waals surface area (Å²) >= 11 is 1.68. The van der Waals surface area contributed by atoms with Crippen molar-refractivity contribution in [1.82, 2.24) is 14.8 Å². The van der Waals surface area contributed by atoms with E-state index in [1.165, 1.54) is 0 Å². The maximum absolute atomic E-state index is 5.70. The summed E-state index contributed by atoms with van der Waals surface area (Å²) in [7, 11) is 0. The molecule has 0 amide bonds. The van der Waals surface area contributed by atoms with Gasteiger partial charge in [0, 0.05) is 18.0 Å². The molecule has 0 N–H and O–H groups in total. The lowest BCUT2D eigenvalue weighted by Crippen LogP contribution is -2.09. The molecule has 1 fully saturated rings. The third kappa shape index (κ3) is 3.04. The largest absolute Gasteiger partial charge is 0.461 e. The fraction of sp³-hybridized carbons (Fsp3) is 0.294. The average molecular weight is 327 g/mol. The monoisotopic (exact) mass is 327 g/mol. The van der Waals surface area contributed by atoms with Gasteiger partial charge in [-0.3, -0.25) is 4.57 Å². The van der Waals surface area contributed by atoms with Gasteiger partial charge in [0.05, 0.1) is 12.4 Å². The Morgan fingerprint density at radius 1 is 1.13 bits per heavy atom. The van der Waals surface area contributed by atoms with Gasteiger partial charge in [0.15, 0.2) is 10.9 Å². The van der Waals surface area contributed by atoms with Crippen molar-refractivity contribution in [3.63, 3.8) is 0 Å². The van der Waals surface area contributed by atoms with Crippen LogP contribution < -0.4 is 0 Å². The topological polar surface area (TPSA) is 53.1 Å². The first-order valence-corrected chi connectivity index (χ1v) is 8.69. The third-order valence-electron chi connectivity index (χ3n) is 3.81. The van der Waals surface area contributed by atoms with Crippen molar-refractivity contribution >= 4 is 11.8 Å². The van der Waals surface area contributed by atoms with Crippen molar-refractivity contribution < 1.29 is 9.15 Å². The maximum atomic E-state index is 5.70. The molecule has 118 valence electrons. The Labute approximate surface area is 138 Å². The molecule has 1 aliphatic rings. The molecule has 0 saturated carbocycles. The molecule has 1 unspecified atom stereocenters. The van der Waals surface area contributed by atoms with Gasteiger partial charge in [-0.25, -0.2) is 0 Å². The normalized spacial score (nSPS) is 17.7. The smallest absolute Gasteiger partial charge is 0.205 e. The first-order chi connectivity index (χ1) is 11.4. The molecule has 0 aliphatic carbocycles. The highest BCUT2D eigenvalue weighted by Crippen LogP contribution is 2.29. The zero-order valence-corrected chi connectivity index (χ0v) is 13.4. The molecule has 2 aromatic heterocycles. The van der Waals surface area contributed by atoms with Crippen LogP contribution in [-0.2, 0) is 4.74 Å². The lowest BCUT2D eigenvalue weighted by molar-refractivity contribution is 0.129. The Morgan fingerprint density at radius 2 is 2.04 bits per heavy atom. The summed E-state index contributed by atoms with van der Waals surface area (Å²) in [5.74, 6) is 2.32. The van der Waals surface area contributed by atoms with Crippen molar-refractivity contribution in [2.75, 3.05) is 12.4 Å². The molecule has 1 atom stereocenters. The van der Waals surface area contributed by atoms with Crippen molar-refractivity contribution in [2.45, 2.75) is 24.1 Å². The molecular weight excluding hydrogens is 310 g/mol. The van der Waals surface area contributed by atoms with Crippen LogP contribution >= 0.6 is 11.8 Å². The van der Waals surface area contributed by atoms with Gasteiger partial charge >= 0.3 is 0 Å². The van der Waals surface area contributed by atoms with Gasteiger partial charge in [-0.2, -0.15) is 0 Å². The van der Waals surface area contributed by atoms with E-state index in [0.29, 0.717) is 11.9 Å². The van der Waals surface area contributed by atoms with E-state index in [1.54, 1.807) is 18.0 Å². The molecule has 0 spiro atoms.